The van der Waals surface area contributed by atoms with Crippen LogP contribution in [-0.4, -0.2) is 35.4 Å². The van der Waals surface area contributed by atoms with Gasteiger partial charge in [0.2, 0.25) is 0 Å². The van der Waals surface area contributed by atoms with Crippen molar-refractivity contribution in [2.75, 3.05) is 13.7 Å². The minimum Gasteiger partial charge on any atom is -0.452 e. The number of rotatable bonds is 6. The van der Waals surface area contributed by atoms with Gasteiger partial charge in [-0.25, -0.2) is 14.2 Å². The number of likely N-dealkylation sites (N-methyl/N-ethyl adjacent to an activating group) is 1. The van der Waals surface area contributed by atoms with Gasteiger partial charge in [0.05, 0.1) is 0 Å². The monoisotopic (exact) mass is 368 g/mol. The molecule has 0 spiro atoms. The highest BCUT2D eigenvalue weighted by Crippen LogP contribution is 2.20. The largest absolute Gasteiger partial charge is 0.452 e. The summed E-state index contributed by atoms with van der Waals surface area (Å²) < 4.78 is 18.6. The molecule has 5 nitrogen and oxygen atoms in total. The van der Waals surface area contributed by atoms with Crippen molar-refractivity contribution in [1.29, 1.82) is 0 Å². The summed E-state index contributed by atoms with van der Waals surface area (Å²) in [6, 6.07) is 4.30. The molecular formula is C16H14ClFN2O3S. The van der Waals surface area contributed by atoms with Crippen LogP contribution in [-0.2, 0) is 20.9 Å². The first-order valence-corrected chi connectivity index (χ1v) is 8.14. The van der Waals surface area contributed by atoms with Crippen molar-refractivity contribution in [3.05, 3.63) is 57.3 Å². The van der Waals surface area contributed by atoms with E-state index in [1.165, 1.54) is 47.6 Å². The number of esters is 1. The summed E-state index contributed by atoms with van der Waals surface area (Å²) in [5.74, 6) is -1.62. The normalized spacial score (nSPS) is 10.8. The lowest BCUT2D eigenvalue weighted by Gasteiger charge is -2.18. The lowest BCUT2D eigenvalue weighted by atomic mass is 10.2. The van der Waals surface area contributed by atoms with E-state index in [9.17, 15) is 14.0 Å². The molecule has 0 fully saturated rings. The van der Waals surface area contributed by atoms with E-state index in [4.69, 9.17) is 16.3 Å². The van der Waals surface area contributed by atoms with Crippen molar-refractivity contribution >= 4 is 40.9 Å². The molecule has 8 heteroatoms. The molecule has 0 aliphatic rings. The van der Waals surface area contributed by atoms with Gasteiger partial charge in [-0.15, -0.1) is 11.3 Å². The second kappa shape index (κ2) is 8.56. The lowest BCUT2D eigenvalue weighted by Crippen LogP contribution is -2.31. The van der Waals surface area contributed by atoms with Crippen LogP contribution in [0.5, 0.6) is 0 Å². The van der Waals surface area contributed by atoms with Crippen LogP contribution in [0.4, 0.5) is 4.39 Å². The molecule has 0 saturated heterocycles. The van der Waals surface area contributed by atoms with E-state index in [1.54, 1.807) is 17.6 Å². The Kier molecular flexibility index (Phi) is 6.45. The molecular weight excluding hydrogens is 355 g/mol. The van der Waals surface area contributed by atoms with E-state index in [1.807, 2.05) is 0 Å². The van der Waals surface area contributed by atoms with Crippen molar-refractivity contribution in [1.82, 2.24) is 9.88 Å². The van der Waals surface area contributed by atoms with Crippen LogP contribution in [0.1, 0.15) is 10.6 Å². The van der Waals surface area contributed by atoms with Gasteiger partial charge in [-0.3, -0.25) is 4.79 Å². The van der Waals surface area contributed by atoms with Crippen LogP contribution in [0, 0.1) is 5.82 Å². The first kappa shape index (κ1) is 18.1. The number of hydrogen-bond acceptors (Lipinski definition) is 5. The molecule has 0 radical (unpaired) electrons. The van der Waals surface area contributed by atoms with E-state index in [-0.39, 0.29) is 17.1 Å². The van der Waals surface area contributed by atoms with Crippen molar-refractivity contribution in [2.24, 2.45) is 0 Å². The van der Waals surface area contributed by atoms with Crippen molar-refractivity contribution in [3.63, 3.8) is 0 Å². The van der Waals surface area contributed by atoms with Crippen LogP contribution in [0.25, 0.3) is 6.08 Å². The fraction of sp³-hybridized carbons (Fsp3) is 0.188. The van der Waals surface area contributed by atoms with Crippen LogP contribution in [0.15, 0.2) is 35.9 Å². The topological polar surface area (TPSA) is 59.5 Å². The van der Waals surface area contributed by atoms with Gasteiger partial charge < -0.3 is 9.64 Å². The molecule has 1 aromatic heterocycles. The molecule has 0 atom stereocenters. The van der Waals surface area contributed by atoms with E-state index in [2.05, 4.69) is 4.98 Å². The van der Waals surface area contributed by atoms with Gasteiger partial charge in [0.15, 0.2) is 6.61 Å². The molecule has 0 aliphatic carbocycles. The highest BCUT2D eigenvalue weighted by molar-refractivity contribution is 7.10. The molecule has 1 heterocycles. The zero-order chi connectivity index (χ0) is 17.5. The first-order chi connectivity index (χ1) is 11.5. The van der Waals surface area contributed by atoms with E-state index < -0.39 is 24.3 Å². The van der Waals surface area contributed by atoms with Crippen LogP contribution in [0.3, 0.4) is 0 Å². The fourth-order valence-electron chi connectivity index (χ4n) is 1.76. The zero-order valence-electron chi connectivity index (χ0n) is 12.7. The number of carbonyl (C=O) groups excluding carboxylic acids is 2. The summed E-state index contributed by atoms with van der Waals surface area (Å²) in [5, 5.41) is 2.67. The minimum absolute atomic E-state index is 0.0170. The second-order valence-electron chi connectivity index (χ2n) is 4.76. The standard InChI is InChI=1S/C16H14ClFN2O3S/c1-20(9-11-12(17)3-2-4-13(11)18)15(21)10-23-16(22)6-5-14-19-7-8-24-14/h2-8H,9-10H2,1H3. The molecule has 0 bridgehead atoms. The Morgan fingerprint density at radius 3 is 2.92 bits per heavy atom. The summed E-state index contributed by atoms with van der Waals surface area (Å²) in [6.07, 6.45) is 4.31. The number of aromatic nitrogens is 1. The second-order valence-corrected chi connectivity index (χ2v) is 6.09. The number of halogens is 2. The maximum absolute atomic E-state index is 13.7. The van der Waals surface area contributed by atoms with E-state index in [0.29, 0.717) is 5.01 Å². The number of nitrogens with zero attached hydrogens (tertiary/aromatic N) is 2. The summed E-state index contributed by atoms with van der Waals surface area (Å²) in [5.41, 5.74) is 0.213. The molecule has 24 heavy (non-hydrogen) atoms. The van der Waals surface area contributed by atoms with Gasteiger partial charge in [-0.1, -0.05) is 17.7 Å². The van der Waals surface area contributed by atoms with Gasteiger partial charge in [0, 0.05) is 41.8 Å². The predicted octanol–water partition coefficient (Wildman–Crippen LogP) is 3.15. The molecule has 0 N–H and O–H groups in total. The third-order valence-corrected chi connectivity index (χ3v) is 4.13. The summed E-state index contributed by atoms with van der Waals surface area (Å²) in [4.78, 5) is 28.7. The molecule has 126 valence electrons. The average molecular weight is 369 g/mol. The smallest absolute Gasteiger partial charge is 0.331 e. The Hall–Kier alpha value is -2.25. The van der Waals surface area contributed by atoms with E-state index in [0.717, 1.165) is 0 Å². The summed E-state index contributed by atoms with van der Waals surface area (Å²) in [6.45, 7) is -0.458. The Balaban J connectivity index is 1.84. The average Bonchev–Trinajstić information content (AvgIpc) is 3.07. The molecule has 1 amide bonds. The summed E-state index contributed by atoms with van der Waals surface area (Å²) in [7, 11) is 1.48. The third-order valence-electron chi connectivity index (χ3n) is 3.03. The quantitative estimate of drug-likeness (QED) is 0.580. The Morgan fingerprint density at radius 1 is 1.46 bits per heavy atom. The van der Waals surface area contributed by atoms with Crippen LogP contribution < -0.4 is 0 Å². The summed E-state index contributed by atoms with van der Waals surface area (Å²) >= 11 is 7.29. The van der Waals surface area contributed by atoms with Gasteiger partial charge in [-0.2, -0.15) is 0 Å². The number of hydrogen-bond donors (Lipinski definition) is 0. The molecule has 0 unspecified atom stereocenters. The number of benzene rings is 1. The van der Waals surface area contributed by atoms with E-state index >= 15 is 0 Å². The van der Waals surface area contributed by atoms with Gasteiger partial charge >= 0.3 is 5.97 Å². The number of amides is 1. The molecule has 0 saturated carbocycles. The van der Waals surface area contributed by atoms with Crippen molar-refractivity contribution in [2.45, 2.75) is 6.54 Å². The minimum atomic E-state index is -0.657. The SMILES string of the molecule is CN(Cc1c(F)cccc1Cl)C(=O)COC(=O)C=Cc1nccs1. The number of ether oxygens (including phenoxy) is 1. The lowest BCUT2D eigenvalue weighted by molar-refractivity contribution is -0.147. The number of thiazole rings is 1. The Morgan fingerprint density at radius 2 is 2.25 bits per heavy atom. The van der Waals surface area contributed by atoms with Gasteiger partial charge in [0.25, 0.3) is 5.91 Å². The number of carbonyl (C=O) groups is 2. The third kappa shape index (κ3) is 5.14. The maximum atomic E-state index is 13.7. The molecule has 0 aliphatic heterocycles. The Bertz CT molecular complexity index is 730. The Labute approximate surface area is 147 Å². The first-order valence-electron chi connectivity index (χ1n) is 6.88. The van der Waals surface area contributed by atoms with Crippen LogP contribution >= 0.6 is 22.9 Å². The predicted molar refractivity (Wildman–Crippen MR) is 90.0 cm³/mol. The molecule has 2 aromatic rings. The zero-order valence-corrected chi connectivity index (χ0v) is 14.3. The highest BCUT2D eigenvalue weighted by atomic mass is 35.5. The van der Waals surface area contributed by atoms with Crippen molar-refractivity contribution in [3.8, 4) is 0 Å². The van der Waals surface area contributed by atoms with Gasteiger partial charge in [0.1, 0.15) is 10.8 Å². The fourth-order valence-corrected chi connectivity index (χ4v) is 2.51. The maximum Gasteiger partial charge on any atom is 0.331 e. The van der Waals surface area contributed by atoms with Gasteiger partial charge in [-0.05, 0) is 18.2 Å². The van der Waals surface area contributed by atoms with Crippen LogP contribution in [0.2, 0.25) is 5.02 Å². The molecule has 1 aromatic carbocycles. The van der Waals surface area contributed by atoms with Crippen molar-refractivity contribution < 1.29 is 18.7 Å². The molecule has 2 rings (SSSR count). The highest BCUT2D eigenvalue weighted by Gasteiger charge is 2.15.